The van der Waals surface area contributed by atoms with Crippen LogP contribution in [0.25, 0.3) is 0 Å². The predicted octanol–water partition coefficient (Wildman–Crippen LogP) is 4.22. The van der Waals surface area contributed by atoms with Crippen molar-refractivity contribution in [3.05, 3.63) is 59.2 Å². The molecule has 0 spiro atoms. The first-order chi connectivity index (χ1) is 10.4. The van der Waals surface area contributed by atoms with Crippen molar-refractivity contribution in [1.82, 2.24) is 5.32 Å². The average molecular weight is 279 g/mol. The molecule has 1 saturated carbocycles. The lowest BCUT2D eigenvalue weighted by Gasteiger charge is -2.10. The highest BCUT2D eigenvalue weighted by atomic mass is 16.5. The molecule has 21 heavy (non-hydrogen) atoms. The van der Waals surface area contributed by atoms with E-state index >= 15 is 0 Å². The van der Waals surface area contributed by atoms with Crippen LogP contribution >= 0.6 is 0 Å². The zero-order chi connectivity index (χ0) is 14.1. The maximum absolute atomic E-state index is 6.04. The first-order valence-electron chi connectivity index (χ1n) is 7.99. The van der Waals surface area contributed by atoms with Crippen LogP contribution in [0.15, 0.2) is 42.5 Å². The molecule has 0 atom stereocenters. The summed E-state index contributed by atoms with van der Waals surface area (Å²) in [6.45, 7) is 0.937. The summed E-state index contributed by atoms with van der Waals surface area (Å²) in [6.07, 6.45) is 6.34. The topological polar surface area (TPSA) is 21.3 Å². The SMILES string of the molecule is c1cc(CNC2CC2)cc(Oc2ccc3c(c2)CCC3)c1. The highest BCUT2D eigenvalue weighted by Crippen LogP contribution is 2.29. The lowest BCUT2D eigenvalue weighted by Crippen LogP contribution is -2.15. The van der Waals surface area contributed by atoms with Gasteiger partial charge in [-0.3, -0.25) is 0 Å². The summed E-state index contributed by atoms with van der Waals surface area (Å²) in [4.78, 5) is 0. The fourth-order valence-electron chi connectivity index (χ4n) is 3.02. The van der Waals surface area contributed by atoms with Crippen LogP contribution in [-0.2, 0) is 19.4 Å². The third-order valence-corrected chi connectivity index (χ3v) is 4.38. The molecule has 4 rings (SSSR count). The van der Waals surface area contributed by atoms with E-state index in [2.05, 4.69) is 41.7 Å². The quantitative estimate of drug-likeness (QED) is 0.884. The van der Waals surface area contributed by atoms with Crippen LogP contribution in [0, 0.1) is 0 Å². The van der Waals surface area contributed by atoms with Crippen LogP contribution in [0.4, 0.5) is 0 Å². The fourth-order valence-corrected chi connectivity index (χ4v) is 3.02. The molecule has 2 aliphatic rings. The molecule has 0 heterocycles. The maximum atomic E-state index is 6.04. The molecule has 1 N–H and O–H groups in total. The van der Waals surface area contributed by atoms with Crippen LogP contribution in [0.5, 0.6) is 11.5 Å². The van der Waals surface area contributed by atoms with E-state index in [1.54, 1.807) is 0 Å². The molecule has 2 aromatic carbocycles. The van der Waals surface area contributed by atoms with Gasteiger partial charge >= 0.3 is 0 Å². The van der Waals surface area contributed by atoms with Gasteiger partial charge in [-0.25, -0.2) is 0 Å². The second-order valence-corrected chi connectivity index (χ2v) is 6.19. The van der Waals surface area contributed by atoms with Crippen molar-refractivity contribution in [2.24, 2.45) is 0 Å². The van der Waals surface area contributed by atoms with E-state index in [4.69, 9.17) is 4.74 Å². The van der Waals surface area contributed by atoms with Gasteiger partial charge < -0.3 is 10.1 Å². The van der Waals surface area contributed by atoms with Gasteiger partial charge in [-0.05, 0) is 73.1 Å². The molecule has 0 unspecified atom stereocenters. The van der Waals surface area contributed by atoms with Crippen LogP contribution in [0.3, 0.4) is 0 Å². The van der Waals surface area contributed by atoms with Crippen molar-refractivity contribution in [3.63, 3.8) is 0 Å². The summed E-state index contributed by atoms with van der Waals surface area (Å²) in [7, 11) is 0. The molecule has 0 aromatic heterocycles. The van der Waals surface area contributed by atoms with Crippen molar-refractivity contribution in [2.45, 2.75) is 44.7 Å². The van der Waals surface area contributed by atoms with E-state index < -0.39 is 0 Å². The Bertz CT molecular complexity index is 646. The Morgan fingerprint density at radius 3 is 2.71 bits per heavy atom. The van der Waals surface area contributed by atoms with E-state index in [0.717, 1.165) is 24.1 Å². The predicted molar refractivity (Wildman–Crippen MR) is 84.8 cm³/mol. The molecule has 2 aromatic rings. The van der Waals surface area contributed by atoms with Crippen LogP contribution in [0.1, 0.15) is 36.0 Å². The molecular formula is C19H21NO. The van der Waals surface area contributed by atoms with E-state index in [1.165, 1.54) is 48.8 Å². The molecule has 0 radical (unpaired) electrons. The smallest absolute Gasteiger partial charge is 0.127 e. The Morgan fingerprint density at radius 1 is 0.952 bits per heavy atom. The van der Waals surface area contributed by atoms with Crippen molar-refractivity contribution in [3.8, 4) is 11.5 Å². The van der Waals surface area contributed by atoms with Crippen molar-refractivity contribution in [1.29, 1.82) is 0 Å². The highest BCUT2D eigenvalue weighted by molar-refractivity contribution is 5.41. The third-order valence-electron chi connectivity index (χ3n) is 4.38. The van der Waals surface area contributed by atoms with Crippen LogP contribution < -0.4 is 10.1 Å². The number of benzene rings is 2. The Labute approximate surface area is 126 Å². The summed E-state index contributed by atoms with van der Waals surface area (Å²) < 4.78 is 6.04. The van der Waals surface area contributed by atoms with Gasteiger partial charge in [-0.2, -0.15) is 0 Å². The second kappa shape index (κ2) is 5.53. The molecule has 0 aliphatic heterocycles. The van der Waals surface area contributed by atoms with Gasteiger partial charge in [0.25, 0.3) is 0 Å². The van der Waals surface area contributed by atoms with Crippen molar-refractivity contribution in [2.75, 3.05) is 0 Å². The van der Waals surface area contributed by atoms with Gasteiger partial charge in [0.05, 0.1) is 0 Å². The lowest BCUT2D eigenvalue weighted by molar-refractivity contribution is 0.481. The third kappa shape index (κ3) is 3.11. The minimum absolute atomic E-state index is 0.742. The molecule has 0 amide bonds. The van der Waals surface area contributed by atoms with Crippen LogP contribution in [-0.4, -0.2) is 6.04 Å². The largest absolute Gasteiger partial charge is 0.457 e. The number of rotatable bonds is 5. The zero-order valence-corrected chi connectivity index (χ0v) is 12.3. The Balaban J connectivity index is 1.47. The molecule has 1 fully saturated rings. The van der Waals surface area contributed by atoms with Crippen molar-refractivity contribution >= 4 is 0 Å². The molecule has 0 bridgehead atoms. The molecule has 0 saturated heterocycles. The highest BCUT2D eigenvalue weighted by Gasteiger charge is 2.19. The summed E-state index contributed by atoms with van der Waals surface area (Å²) in [5, 5.41) is 3.54. The molecule has 2 heteroatoms. The summed E-state index contributed by atoms with van der Waals surface area (Å²) in [5.41, 5.74) is 4.24. The molecule has 2 aliphatic carbocycles. The number of nitrogens with one attached hydrogen (secondary N) is 1. The summed E-state index contributed by atoms with van der Waals surface area (Å²) in [6, 6.07) is 15.7. The Hall–Kier alpha value is -1.80. The number of hydrogen-bond acceptors (Lipinski definition) is 2. The van der Waals surface area contributed by atoms with E-state index in [0.29, 0.717) is 0 Å². The van der Waals surface area contributed by atoms with E-state index in [-0.39, 0.29) is 0 Å². The van der Waals surface area contributed by atoms with E-state index in [1.807, 2.05) is 6.07 Å². The average Bonchev–Trinajstić information content (AvgIpc) is 3.22. The van der Waals surface area contributed by atoms with Gasteiger partial charge in [0, 0.05) is 12.6 Å². The normalized spacial score (nSPS) is 16.8. The number of hydrogen-bond donors (Lipinski definition) is 1. The van der Waals surface area contributed by atoms with Gasteiger partial charge in [-0.1, -0.05) is 18.2 Å². The number of fused-ring (bicyclic) bond motifs is 1. The van der Waals surface area contributed by atoms with Gasteiger partial charge in [0.2, 0.25) is 0 Å². The first kappa shape index (κ1) is 12.9. The fraction of sp³-hybridized carbons (Fsp3) is 0.368. The first-order valence-corrected chi connectivity index (χ1v) is 7.99. The number of aryl methyl sites for hydroxylation is 2. The molecule has 108 valence electrons. The maximum Gasteiger partial charge on any atom is 0.127 e. The molecular weight excluding hydrogens is 258 g/mol. The van der Waals surface area contributed by atoms with Gasteiger partial charge in [0.1, 0.15) is 11.5 Å². The lowest BCUT2D eigenvalue weighted by atomic mass is 10.1. The Morgan fingerprint density at radius 2 is 1.81 bits per heavy atom. The molecule has 2 nitrogen and oxygen atoms in total. The standard InChI is InChI=1S/C19H21NO/c1-3-14(13-20-17-8-9-17)11-18(6-1)21-19-10-7-15-4-2-5-16(15)12-19/h1,3,6-7,10-12,17,20H,2,4-5,8-9,13H2. The monoisotopic (exact) mass is 279 g/mol. The summed E-state index contributed by atoms with van der Waals surface area (Å²) in [5.74, 6) is 1.89. The van der Waals surface area contributed by atoms with Crippen molar-refractivity contribution < 1.29 is 4.74 Å². The summed E-state index contributed by atoms with van der Waals surface area (Å²) >= 11 is 0. The van der Waals surface area contributed by atoms with Gasteiger partial charge in [0.15, 0.2) is 0 Å². The zero-order valence-electron chi connectivity index (χ0n) is 12.3. The Kier molecular flexibility index (Phi) is 3.40. The van der Waals surface area contributed by atoms with Crippen LogP contribution in [0.2, 0.25) is 0 Å². The number of ether oxygens (including phenoxy) is 1. The van der Waals surface area contributed by atoms with E-state index in [9.17, 15) is 0 Å². The minimum atomic E-state index is 0.742. The second-order valence-electron chi connectivity index (χ2n) is 6.19. The minimum Gasteiger partial charge on any atom is -0.457 e. The van der Waals surface area contributed by atoms with Gasteiger partial charge in [-0.15, -0.1) is 0 Å².